The lowest BCUT2D eigenvalue weighted by atomic mass is 10.2. The lowest BCUT2D eigenvalue weighted by molar-refractivity contribution is 0.544. The van der Waals surface area contributed by atoms with Gasteiger partial charge < -0.3 is 9.73 Å². The zero-order valence-corrected chi connectivity index (χ0v) is 15.9. The van der Waals surface area contributed by atoms with E-state index in [-0.39, 0.29) is 12.4 Å². The lowest BCUT2D eigenvalue weighted by Crippen LogP contribution is -2.12. The van der Waals surface area contributed by atoms with E-state index in [0.29, 0.717) is 0 Å². The standard InChI is InChI=1S/C22H21N3O.ClH/c1-17-12-13-21(26-17)22-19(15-23-14-18-8-4-2-5-9-18)16-25(24-22)20-10-6-3-7-11-20;/h2-13,16,23H,14-15H2,1H3;1H. The quantitative estimate of drug-likeness (QED) is 0.503. The Morgan fingerprint density at radius 2 is 1.59 bits per heavy atom. The van der Waals surface area contributed by atoms with Crippen molar-refractivity contribution in [3.05, 3.63) is 95.9 Å². The molecule has 27 heavy (non-hydrogen) atoms. The number of nitrogens with zero attached hydrogens (tertiary/aromatic N) is 2. The highest BCUT2D eigenvalue weighted by atomic mass is 35.5. The molecule has 4 nitrogen and oxygen atoms in total. The molecule has 138 valence electrons. The summed E-state index contributed by atoms with van der Waals surface area (Å²) in [5.74, 6) is 1.69. The molecule has 0 bridgehead atoms. The first-order chi connectivity index (χ1) is 12.8. The van der Waals surface area contributed by atoms with Crippen LogP contribution in [0.1, 0.15) is 16.9 Å². The van der Waals surface area contributed by atoms with Gasteiger partial charge in [-0.3, -0.25) is 0 Å². The van der Waals surface area contributed by atoms with Crippen LogP contribution in [0, 0.1) is 6.92 Å². The van der Waals surface area contributed by atoms with Crippen molar-refractivity contribution in [2.24, 2.45) is 0 Å². The Hall–Kier alpha value is -2.82. The second kappa shape index (κ2) is 8.71. The molecule has 0 spiro atoms. The summed E-state index contributed by atoms with van der Waals surface area (Å²) in [7, 11) is 0. The maximum atomic E-state index is 5.82. The molecular weight excluding hydrogens is 358 g/mol. The van der Waals surface area contributed by atoms with Gasteiger partial charge in [-0.1, -0.05) is 48.5 Å². The molecule has 2 aromatic carbocycles. The molecule has 0 radical (unpaired) electrons. The SMILES string of the molecule is Cc1ccc(-c2nn(-c3ccccc3)cc2CNCc2ccccc2)o1.Cl. The van der Waals surface area contributed by atoms with Gasteiger partial charge in [0.1, 0.15) is 11.5 Å². The van der Waals surface area contributed by atoms with Crippen LogP contribution >= 0.6 is 12.4 Å². The molecule has 2 heterocycles. The van der Waals surface area contributed by atoms with Gasteiger partial charge >= 0.3 is 0 Å². The molecule has 0 aliphatic carbocycles. The van der Waals surface area contributed by atoms with Crippen molar-refractivity contribution >= 4 is 12.4 Å². The highest BCUT2D eigenvalue weighted by Crippen LogP contribution is 2.25. The Morgan fingerprint density at radius 1 is 0.889 bits per heavy atom. The predicted molar refractivity (Wildman–Crippen MR) is 110 cm³/mol. The molecule has 2 aromatic heterocycles. The first kappa shape index (κ1) is 19.0. The fraction of sp³-hybridized carbons (Fsp3) is 0.136. The van der Waals surface area contributed by atoms with Crippen LogP contribution in [-0.2, 0) is 13.1 Å². The molecule has 0 amide bonds. The number of rotatable bonds is 6. The average Bonchev–Trinajstić information content (AvgIpc) is 3.30. The monoisotopic (exact) mass is 379 g/mol. The Bertz CT molecular complexity index is 977. The topological polar surface area (TPSA) is 43.0 Å². The van der Waals surface area contributed by atoms with E-state index < -0.39 is 0 Å². The molecule has 0 saturated heterocycles. The van der Waals surface area contributed by atoms with Gasteiger partial charge in [-0.2, -0.15) is 5.10 Å². The van der Waals surface area contributed by atoms with Crippen molar-refractivity contribution in [2.45, 2.75) is 20.0 Å². The number of halogens is 1. The summed E-state index contributed by atoms with van der Waals surface area (Å²) in [5.41, 5.74) is 4.28. The largest absolute Gasteiger partial charge is 0.460 e. The van der Waals surface area contributed by atoms with Gasteiger partial charge in [-0.05, 0) is 36.8 Å². The number of hydrogen-bond acceptors (Lipinski definition) is 3. The number of furan rings is 1. The highest BCUT2D eigenvalue weighted by molar-refractivity contribution is 5.85. The first-order valence-electron chi connectivity index (χ1n) is 8.75. The van der Waals surface area contributed by atoms with Crippen LogP contribution in [0.2, 0.25) is 0 Å². The molecule has 4 aromatic rings. The van der Waals surface area contributed by atoms with Crippen molar-refractivity contribution in [3.63, 3.8) is 0 Å². The Morgan fingerprint density at radius 3 is 2.26 bits per heavy atom. The van der Waals surface area contributed by atoms with E-state index in [9.17, 15) is 0 Å². The van der Waals surface area contributed by atoms with E-state index in [2.05, 4.69) is 35.8 Å². The Balaban J connectivity index is 0.00000210. The minimum Gasteiger partial charge on any atom is -0.460 e. The minimum atomic E-state index is 0. The van der Waals surface area contributed by atoms with Crippen LogP contribution in [0.3, 0.4) is 0 Å². The van der Waals surface area contributed by atoms with Gasteiger partial charge in [0.05, 0.1) is 5.69 Å². The molecule has 4 rings (SSSR count). The van der Waals surface area contributed by atoms with Crippen LogP contribution in [0.4, 0.5) is 0 Å². The van der Waals surface area contributed by atoms with E-state index in [4.69, 9.17) is 9.52 Å². The van der Waals surface area contributed by atoms with Crippen LogP contribution in [0.25, 0.3) is 17.1 Å². The van der Waals surface area contributed by atoms with Gasteiger partial charge in [0, 0.05) is 24.8 Å². The molecule has 0 aliphatic rings. The number of benzene rings is 2. The summed E-state index contributed by atoms with van der Waals surface area (Å²) in [6.45, 7) is 3.48. The summed E-state index contributed by atoms with van der Waals surface area (Å²) in [6, 6.07) is 24.5. The van der Waals surface area contributed by atoms with Crippen LogP contribution in [0.15, 0.2) is 83.4 Å². The van der Waals surface area contributed by atoms with Crippen molar-refractivity contribution in [2.75, 3.05) is 0 Å². The molecule has 0 unspecified atom stereocenters. The van der Waals surface area contributed by atoms with Crippen LogP contribution < -0.4 is 5.32 Å². The molecule has 0 saturated carbocycles. The number of aryl methyl sites for hydroxylation is 1. The van der Waals surface area contributed by atoms with E-state index in [1.54, 1.807) is 0 Å². The molecule has 0 fully saturated rings. The van der Waals surface area contributed by atoms with E-state index in [0.717, 1.165) is 41.6 Å². The number of nitrogens with one attached hydrogen (secondary N) is 1. The third-order valence-electron chi connectivity index (χ3n) is 4.27. The van der Waals surface area contributed by atoms with Crippen molar-refractivity contribution in [1.29, 1.82) is 0 Å². The third-order valence-corrected chi connectivity index (χ3v) is 4.27. The molecule has 5 heteroatoms. The van der Waals surface area contributed by atoms with Gasteiger partial charge in [0.2, 0.25) is 0 Å². The van der Waals surface area contributed by atoms with Gasteiger partial charge in [-0.25, -0.2) is 4.68 Å². The third kappa shape index (κ3) is 4.48. The van der Waals surface area contributed by atoms with Crippen molar-refractivity contribution < 1.29 is 4.42 Å². The second-order valence-electron chi connectivity index (χ2n) is 6.28. The van der Waals surface area contributed by atoms with Crippen LogP contribution in [-0.4, -0.2) is 9.78 Å². The maximum absolute atomic E-state index is 5.82. The van der Waals surface area contributed by atoms with E-state index in [1.807, 2.05) is 60.1 Å². The first-order valence-corrected chi connectivity index (χ1v) is 8.75. The number of hydrogen-bond donors (Lipinski definition) is 1. The number of para-hydroxylation sites is 1. The van der Waals surface area contributed by atoms with E-state index >= 15 is 0 Å². The molecule has 0 atom stereocenters. The summed E-state index contributed by atoms with van der Waals surface area (Å²) >= 11 is 0. The minimum absolute atomic E-state index is 0. The number of aromatic nitrogens is 2. The Labute approximate surface area is 165 Å². The van der Waals surface area contributed by atoms with Crippen molar-refractivity contribution in [3.8, 4) is 17.1 Å². The predicted octanol–water partition coefficient (Wildman–Crippen LogP) is 5.15. The van der Waals surface area contributed by atoms with Gasteiger partial charge in [-0.15, -0.1) is 12.4 Å². The molecular formula is C22H22ClN3O. The summed E-state index contributed by atoms with van der Waals surface area (Å²) in [6.07, 6.45) is 2.07. The zero-order chi connectivity index (χ0) is 17.8. The Kier molecular flexibility index (Phi) is 6.12. The summed E-state index contributed by atoms with van der Waals surface area (Å²) in [4.78, 5) is 0. The fourth-order valence-corrected chi connectivity index (χ4v) is 2.96. The zero-order valence-electron chi connectivity index (χ0n) is 15.1. The summed E-state index contributed by atoms with van der Waals surface area (Å²) < 4.78 is 7.73. The van der Waals surface area contributed by atoms with Crippen molar-refractivity contribution in [1.82, 2.24) is 15.1 Å². The van der Waals surface area contributed by atoms with E-state index in [1.165, 1.54) is 5.56 Å². The average molecular weight is 380 g/mol. The fourth-order valence-electron chi connectivity index (χ4n) is 2.96. The maximum Gasteiger partial charge on any atom is 0.154 e. The smallest absolute Gasteiger partial charge is 0.154 e. The lowest BCUT2D eigenvalue weighted by Gasteiger charge is -2.04. The summed E-state index contributed by atoms with van der Waals surface area (Å²) in [5, 5.41) is 8.28. The van der Waals surface area contributed by atoms with Crippen LogP contribution in [0.5, 0.6) is 0 Å². The molecule has 1 N–H and O–H groups in total. The van der Waals surface area contributed by atoms with Gasteiger partial charge in [0.25, 0.3) is 0 Å². The highest BCUT2D eigenvalue weighted by Gasteiger charge is 2.15. The van der Waals surface area contributed by atoms with Gasteiger partial charge in [0.15, 0.2) is 5.76 Å². The normalized spacial score (nSPS) is 10.6. The molecule has 0 aliphatic heterocycles. The second-order valence-corrected chi connectivity index (χ2v) is 6.28.